The number of allylic oxidation sites excluding steroid dienone is 1. The Kier molecular flexibility index (Phi) is 7.41. The number of hydrogen-bond donors (Lipinski definition) is 0. The van der Waals surface area contributed by atoms with Crippen LogP contribution >= 0.6 is 0 Å². The van der Waals surface area contributed by atoms with E-state index in [1.165, 1.54) is 40.6 Å². The van der Waals surface area contributed by atoms with Crippen molar-refractivity contribution in [2.75, 3.05) is 0 Å². The Morgan fingerprint density at radius 1 is 0.824 bits per heavy atom. The topological polar surface area (TPSA) is 35.5 Å². The van der Waals surface area contributed by atoms with Crippen molar-refractivity contribution in [3.05, 3.63) is 95.8 Å². The summed E-state index contributed by atoms with van der Waals surface area (Å²) in [7, 11) is 0. The highest BCUT2D eigenvalue weighted by molar-refractivity contribution is 5.75. The minimum absolute atomic E-state index is 0.260. The third-order valence-corrected chi connectivity index (χ3v) is 6.38. The normalized spacial score (nSPS) is 18.1. The van der Waals surface area contributed by atoms with Gasteiger partial charge < -0.3 is 9.47 Å². The van der Waals surface area contributed by atoms with Gasteiger partial charge in [0.15, 0.2) is 11.5 Å². The summed E-state index contributed by atoms with van der Waals surface area (Å²) < 4.78 is 38.7. The summed E-state index contributed by atoms with van der Waals surface area (Å²) in [5.74, 6) is -3.56. The molecule has 3 nitrogen and oxygen atoms in total. The van der Waals surface area contributed by atoms with Crippen molar-refractivity contribution in [3.63, 3.8) is 0 Å². The lowest BCUT2D eigenvalue weighted by Crippen LogP contribution is -2.25. The summed E-state index contributed by atoms with van der Waals surface area (Å²) in [5, 5.41) is 0. The van der Waals surface area contributed by atoms with E-state index in [-0.39, 0.29) is 11.7 Å². The summed E-state index contributed by atoms with van der Waals surface area (Å²) >= 11 is 0. The molecule has 1 aliphatic carbocycles. The smallest absolute Gasteiger partial charge is 0.314 e. The number of hydrogen-bond acceptors (Lipinski definition) is 3. The molecule has 0 aromatic heterocycles. The van der Waals surface area contributed by atoms with Crippen molar-refractivity contribution in [1.29, 1.82) is 0 Å². The zero-order valence-electron chi connectivity index (χ0n) is 19.4. The van der Waals surface area contributed by atoms with Crippen LogP contribution < -0.4 is 9.47 Å². The van der Waals surface area contributed by atoms with Crippen LogP contribution in [0.25, 0.3) is 11.1 Å². The standard InChI is InChI=1S/C29H28F2O3/c1-3-18-33-25-16-17-26(28(31)27(25)30)34-29(32)24-14-12-23(13-15-24)22-10-8-21(9-11-22)20-6-4-19(2)5-7-20/h3-11,16-18,23-24H,12-15H2,1-2H3/b18-3+. The molecule has 0 amide bonds. The number of esters is 1. The molecule has 0 spiro atoms. The molecule has 0 aliphatic heterocycles. The van der Waals surface area contributed by atoms with Crippen molar-refractivity contribution < 1.29 is 23.0 Å². The largest absolute Gasteiger partial charge is 0.462 e. The molecule has 1 aliphatic rings. The van der Waals surface area contributed by atoms with Gasteiger partial charge in [0, 0.05) is 0 Å². The lowest BCUT2D eigenvalue weighted by Gasteiger charge is -2.27. The Morgan fingerprint density at radius 2 is 1.38 bits per heavy atom. The van der Waals surface area contributed by atoms with Gasteiger partial charge in [0.25, 0.3) is 0 Å². The van der Waals surface area contributed by atoms with E-state index in [0.717, 1.165) is 12.8 Å². The van der Waals surface area contributed by atoms with E-state index in [9.17, 15) is 13.6 Å². The van der Waals surface area contributed by atoms with Gasteiger partial charge in [-0.15, -0.1) is 0 Å². The molecule has 3 aromatic rings. The molecule has 0 saturated heterocycles. The van der Waals surface area contributed by atoms with Gasteiger partial charge in [0.2, 0.25) is 11.6 Å². The highest BCUT2D eigenvalue weighted by atomic mass is 19.2. The van der Waals surface area contributed by atoms with Gasteiger partial charge in [0.1, 0.15) is 0 Å². The summed E-state index contributed by atoms with van der Waals surface area (Å²) in [5.41, 5.74) is 4.86. The van der Waals surface area contributed by atoms with E-state index < -0.39 is 23.4 Å². The Bertz CT molecular complexity index is 1160. The van der Waals surface area contributed by atoms with E-state index in [4.69, 9.17) is 9.47 Å². The molecule has 1 fully saturated rings. The molecular weight excluding hydrogens is 434 g/mol. The first-order valence-corrected chi connectivity index (χ1v) is 11.6. The lowest BCUT2D eigenvalue weighted by molar-refractivity contribution is -0.140. The molecule has 5 heteroatoms. The summed E-state index contributed by atoms with van der Waals surface area (Å²) in [6.45, 7) is 3.77. The first-order valence-electron chi connectivity index (χ1n) is 11.6. The quantitative estimate of drug-likeness (QED) is 0.214. The van der Waals surface area contributed by atoms with Gasteiger partial charge in [-0.25, -0.2) is 0 Å². The van der Waals surface area contributed by atoms with Gasteiger partial charge >= 0.3 is 5.97 Å². The molecule has 34 heavy (non-hydrogen) atoms. The average molecular weight is 463 g/mol. The van der Waals surface area contributed by atoms with Crippen LogP contribution in [0, 0.1) is 24.5 Å². The number of ether oxygens (including phenoxy) is 2. The molecule has 0 bridgehead atoms. The highest BCUT2D eigenvalue weighted by Gasteiger charge is 2.29. The minimum Gasteiger partial charge on any atom is -0.462 e. The van der Waals surface area contributed by atoms with Crippen LogP contribution in [0.15, 0.2) is 73.0 Å². The van der Waals surface area contributed by atoms with Crippen molar-refractivity contribution in [2.45, 2.75) is 45.4 Å². The maximum Gasteiger partial charge on any atom is 0.314 e. The predicted molar refractivity (Wildman–Crippen MR) is 129 cm³/mol. The van der Waals surface area contributed by atoms with Gasteiger partial charge in [-0.2, -0.15) is 8.78 Å². The first-order chi connectivity index (χ1) is 16.5. The lowest BCUT2D eigenvalue weighted by atomic mass is 9.78. The number of rotatable bonds is 6. The molecular formula is C29H28F2O3. The third kappa shape index (κ3) is 5.36. The fraction of sp³-hybridized carbons (Fsp3) is 0.276. The number of carbonyl (C=O) groups excluding carboxylic acids is 1. The van der Waals surface area contributed by atoms with Crippen LogP contribution in [0.2, 0.25) is 0 Å². The van der Waals surface area contributed by atoms with Crippen molar-refractivity contribution in [1.82, 2.24) is 0 Å². The SMILES string of the molecule is C/C=C/Oc1ccc(OC(=O)C2CCC(c3ccc(-c4ccc(C)cc4)cc3)CC2)c(F)c1F. The maximum absolute atomic E-state index is 14.3. The monoisotopic (exact) mass is 462 g/mol. The van der Waals surface area contributed by atoms with Gasteiger partial charge in [-0.3, -0.25) is 4.79 Å². The molecule has 3 aromatic carbocycles. The molecule has 4 rings (SSSR count). The zero-order valence-corrected chi connectivity index (χ0v) is 19.4. The van der Waals surface area contributed by atoms with Gasteiger partial charge in [0.05, 0.1) is 12.2 Å². The van der Waals surface area contributed by atoms with E-state index >= 15 is 0 Å². The van der Waals surface area contributed by atoms with Crippen LogP contribution in [-0.2, 0) is 4.79 Å². The summed E-state index contributed by atoms with van der Waals surface area (Å²) in [6, 6.07) is 19.5. The second-order valence-corrected chi connectivity index (χ2v) is 8.73. The highest BCUT2D eigenvalue weighted by Crippen LogP contribution is 2.37. The van der Waals surface area contributed by atoms with E-state index in [1.807, 2.05) is 0 Å². The van der Waals surface area contributed by atoms with Crippen molar-refractivity contribution in [2.24, 2.45) is 5.92 Å². The summed E-state index contributed by atoms with van der Waals surface area (Å²) in [6.07, 6.45) is 5.79. The fourth-order valence-corrected chi connectivity index (χ4v) is 4.37. The van der Waals surface area contributed by atoms with Gasteiger partial charge in [-0.05, 0) is 74.3 Å². The molecule has 0 unspecified atom stereocenters. The van der Waals surface area contributed by atoms with Crippen molar-refractivity contribution >= 4 is 5.97 Å². The third-order valence-electron chi connectivity index (χ3n) is 6.38. The Labute approximate surface area is 199 Å². The second-order valence-electron chi connectivity index (χ2n) is 8.73. The second kappa shape index (κ2) is 10.6. The van der Waals surface area contributed by atoms with Crippen LogP contribution in [0.1, 0.15) is 49.7 Å². The Hall–Kier alpha value is -3.47. The van der Waals surface area contributed by atoms with Crippen LogP contribution in [0.4, 0.5) is 8.78 Å². The van der Waals surface area contributed by atoms with Crippen LogP contribution in [0.3, 0.4) is 0 Å². The van der Waals surface area contributed by atoms with E-state index in [1.54, 1.807) is 13.0 Å². The molecule has 0 radical (unpaired) electrons. The number of benzene rings is 3. The van der Waals surface area contributed by atoms with E-state index in [2.05, 4.69) is 55.5 Å². The average Bonchev–Trinajstić information content (AvgIpc) is 2.87. The molecule has 1 saturated carbocycles. The van der Waals surface area contributed by atoms with E-state index in [0.29, 0.717) is 18.8 Å². The minimum atomic E-state index is -1.22. The Balaban J connectivity index is 1.34. The first kappa shape index (κ1) is 23.7. The zero-order chi connectivity index (χ0) is 24.1. The predicted octanol–water partition coefficient (Wildman–Crippen LogP) is 7.73. The van der Waals surface area contributed by atoms with Crippen LogP contribution in [-0.4, -0.2) is 5.97 Å². The molecule has 0 heterocycles. The van der Waals surface area contributed by atoms with Crippen LogP contribution in [0.5, 0.6) is 11.5 Å². The molecule has 0 atom stereocenters. The number of halogens is 2. The number of carbonyl (C=O) groups is 1. The Morgan fingerprint density at radius 3 is 2.00 bits per heavy atom. The molecule has 176 valence electrons. The van der Waals surface area contributed by atoms with Crippen molar-refractivity contribution in [3.8, 4) is 22.6 Å². The van der Waals surface area contributed by atoms with Gasteiger partial charge in [-0.1, -0.05) is 60.2 Å². The maximum atomic E-state index is 14.3. The summed E-state index contributed by atoms with van der Waals surface area (Å²) in [4.78, 5) is 12.6. The molecule has 0 N–H and O–H groups in total. The number of aryl methyl sites for hydroxylation is 1. The fourth-order valence-electron chi connectivity index (χ4n) is 4.37.